The summed E-state index contributed by atoms with van der Waals surface area (Å²) in [6.45, 7) is 0. The maximum atomic E-state index is 4.58. The van der Waals surface area contributed by atoms with Gasteiger partial charge in [-0.2, -0.15) is 5.10 Å². The first-order valence-electron chi connectivity index (χ1n) is 7.75. The lowest BCUT2D eigenvalue weighted by Gasteiger charge is -2.19. The monoisotopic (exact) mass is 376 g/mol. The van der Waals surface area contributed by atoms with Crippen molar-refractivity contribution in [2.24, 2.45) is 0 Å². The molecule has 1 N–H and O–H groups in total. The summed E-state index contributed by atoms with van der Waals surface area (Å²) in [5.41, 5.74) is 6.58. The molecular formula is C19H13BrN4. The van der Waals surface area contributed by atoms with Crippen LogP contribution in [0.25, 0.3) is 16.8 Å². The molecule has 0 saturated carbocycles. The topological polar surface area (TPSA) is 42.2 Å². The molecular weight excluding hydrogens is 364 g/mol. The lowest BCUT2D eigenvalue weighted by molar-refractivity contribution is 0.899. The van der Waals surface area contributed by atoms with Gasteiger partial charge in [0.1, 0.15) is 12.0 Å². The van der Waals surface area contributed by atoms with Gasteiger partial charge in [0.25, 0.3) is 0 Å². The van der Waals surface area contributed by atoms with E-state index in [-0.39, 0.29) is 6.04 Å². The Morgan fingerprint density at radius 3 is 2.88 bits per heavy atom. The number of para-hydroxylation sites is 1. The van der Waals surface area contributed by atoms with Gasteiger partial charge in [-0.3, -0.25) is 0 Å². The lowest BCUT2D eigenvalue weighted by Crippen LogP contribution is -2.11. The summed E-state index contributed by atoms with van der Waals surface area (Å²) in [6.07, 6.45) is 3.61. The summed E-state index contributed by atoms with van der Waals surface area (Å²) in [7, 11) is 0. The van der Waals surface area contributed by atoms with Crippen LogP contribution in [0.15, 0.2) is 71.6 Å². The highest BCUT2D eigenvalue weighted by molar-refractivity contribution is 9.10. The van der Waals surface area contributed by atoms with E-state index < -0.39 is 0 Å². The van der Waals surface area contributed by atoms with Crippen LogP contribution in [0.3, 0.4) is 0 Å². The van der Waals surface area contributed by atoms with Gasteiger partial charge in [0, 0.05) is 27.5 Å². The summed E-state index contributed by atoms with van der Waals surface area (Å²) in [4.78, 5) is 4.58. The number of hydrogen-bond donors (Lipinski definition) is 1. The Morgan fingerprint density at radius 2 is 1.96 bits per heavy atom. The molecule has 0 aliphatic carbocycles. The quantitative estimate of drug-likeness (QED) is 0.524. The van der Waals surface area contributed by atoms with E-state index in [9.17, 15) is 0 Å². The first-order valence-corrected chi connectivity index (χ1v) is 8.54. The molecule has 1 unspecified atom stereocenters. The number of rotatable bonds is 1. The molecule has 116 valence electrons. The molecule has 3 heterocycles. The normalized spacial score (nSPS) is 15.6. The van der Waals surface area contributed by atoms with Crippen LogP contribution in [0.4, 0.5) is 5.69 Å². The number of anilines is 1. The highest BCUT2D eigenvalue weighted by Crippen LogP contribution is 2.41. The molecule has 0 spiro atoms. The summed E-state index contributed by atoms with van der Waals surface area (Å²) in [5, 5.41) is 8.07. The molecule has 4 nitrogen and oxygen atoms in total. The molecule has 1 atom stereocenters. The van der Waals surface area contributed by atoms with Gasteiger partial charge in [-0.1, -0.05) is 46.3 Å². The zero-order valence-corrected chi connectivity index (χ0v) is 14.2. The Balaban J connectivity index is 1.85. The van der Waals surface area contributed by atoms with Crippen LogP contribution in [0.2, 0.25) is 0 Å². The maximum absolute atomic E-state index is 4.58. The second-order valence-electron chi connectivity index (χ2n) is 5.85. The third kappa shape index (κ3) is 1.98. The van der Waals surface area contributed by atoms with Crippen molar-refractivity contribution in [1.82, 2.24) is 14.6 Å². The number of aromatic nitrogens is 3. The molecule has 4 aromatic rings. The Morgan fingerprint density at radius 1 is 1.04 bits per heavy atom. The van der Waals surface area contributed by atoms with Crippen molar-refractivity contribution in [3.05, 3.63) is 82.7 Å². The van der Waals surface area contributed by atoms with Crippen molar-refractivity contribution in [3.8, 4) is 11.3 Å². The number of fused-ring (bicyclic) bond motifs is 2. The fourth-order valence-corrected chi connectivity index (χ4v) is 3.82. The fraction of sp³-hybridized carbons (Fsp3) is 0.0526. The van der Waals surface area contributed by atoms with E-state index in [1.54, 1.807) is 6.33 Å². The number of nitrogens with zero attached hydrogens (tertiary/aromatic N) is 3. The Kier molecular flexibility index (Phi) is 2.97. The van der Waals surface area contributed by atoms with E-state index in [0.717, 1.165) is 26.9 Å². The van der Waals surface area contributed by atoms with Gasteiger partial charge in [0.05, 0.1) is 11.6 Å². The molecule has 0 saturated heterocycles. The van der Waals surface area contributed by atoms with E-state index in [2.05, 4.69) is 67.7 Å². The Labute approximate surface area is 147 Å². The second-order valence-corrected chi connectivity index (χ2v) is 6.77. The third-order valence-electron chi connectivity index (χ3n) is 4.46. The molecule has 24 heavy (non-hydrogen) atoms. The van der Waals surface area contributed by atoms with Gasteiger partial charge in [0.15, 0.2) is 0 Å². The first-order chi connectivity index (χ1) is 11.8. The van der Waals surface area contributed by atoms with Crippen molar-refractivity contribution in [3.63, 3.8) is 0 Å². The van der Waals surface area contributed by atoms with Gasteiger partial charge in [-0.05, 0) is 29.8 Å². The largest absolute Gasteiger partial charge is 0.374 e. The molecule has 0 radical (unpaired) electrons. The number of hydrogen-bond acceptors (Lipinski definition) is 3. The second kappa shape index (κ2) is 5.18. The van der Waals surface area contributed by atoms with Gasteiger partial charge in [-0.15, -0.1) is 0 Å². The van der Waals surface area contributed by atoms with Gasteiger partial charge >= 0.3 is 0 Å². The minimum absolute atomic E-state index is 0.0425. The van der Waals surface area contributed by atoms with Crippen molar-refractivity contribution in [1.29, 1.82) is 0 Å². The van der Waals surface area contributed by atoms with Crippen LogP contribution in [0.5, 0.6) is 0 Å². The summed E-state index contributed by atoms with van der Waals surface area (Å²) in [5.74, 6) is 0. The smallest absolute Gasteiger partial charge is 0.137 e. The SMILES string of the molecule is Brc1cccc(C2Nc3ccccc3-c3ncnn4ccc2c34)c1. The van der Waals surface area contributed by atoms with Crippen molar-refractivity contribution >= 4 is 27.1 Å². The molecule has 0 fully saturated rings. The van der Waals surface area contributed by atoms with Gasteiger partial charge < -0.3 is 5.32 Å². The standard InChI is InChI=1S/C19H13BrN4/c20-13-5-3-4-12(10-13)17-15-8-9-24-19(15)18(21-11-22-24)14-6-1-2-7-16(14)23-17/h1-11,17,23H. The first kappa shape index (κ1) is 13.7. The Hall–Kier alpha value is -2.66. The zero-order chi connectivity index (χ0) is 16.1. The lowest BCUT2D eigenvalue weighted by atomic mass is 10.00. The number of benzene rings is 2. The predicted molar refractivity (Wildman–Crippen MR) is 98.0 cm³/mol. The summed E-state index contributed by atoms with van der Waals surface area (Å²) >= 11 is 3.58. The molecule has 0 amide bonds. The minimum Gasteiger partial charge on any atom is -0.374 e. The van der Waals surface area contributed by atoms with Crippen molar-refractivity contribution < 1.29 is 0 Å². The van der Waals surface area contributed by atoms with E-state index in [1.165, 1.54) is 11.1 Å². The van der Waals surface area contributed by atoms with Crippen molar-refractivity contribution in [2.45, 2.75) is 6.04 Å². The van der Waals surface area contributed by atoms with Crippen molar-refractivity contribution in [2.75, 3.05) is 5.32 Å². The van der Waals surface area contributed by atoms with Crippen LogP contribution in [-0.2, 0) is 0 Å². The molecule has 2 aromatic carbocycles. The van der Waals surface area contributed by atoms with E-state index >= 15 is 0 Å². The highest BCUT2D eigenvalue weighted by atomic mass is 79.9. The fourth-order valence-electron chi connectivity index (χ4n) is 3.41. The summed E-state index contributed by atoms with van der Waals surface area (Å²) < 4.78 is 2.98. The molecule has 5 rings (SSSR count). The number of nitrogens with one attached hydrogen (secondary N) is 1. The average molecular weight is 377 g/mol. The van der Waals surface area contributed by atoms with E-state index in [1.807, 2.05) is 28.9 Å². The zero-order valence-electron chi connectivity index (χ0n) is 12.6. The average Bonchev–Trinajstić information content (AvgIpc) is 2.97. The molecule has 2 aromatic heterocycles. The third-order valence-corrected chi connectivity index (χ3v) is 4.95. The van der Waals surface area contributed by atoms with Crippen LogP contribution in [0.1, 0.15) is 17.2 Å². The number of halogens is 1. The molecule has 5 heteroatoms. The van der Waals surface area contributed by atoms with Crippen LogP contribution >= 0.6 is 15.9 Å². The van der Waals surface area contributed by atoms with Crippen LogP contribution in [-0.4, -0.2) is 14.6 Å². The maximum Gasteiger partial charge on any atom is 0.137 e. The van der Waals surface area contributed by atoms with Gasteiger partial charge in [0.2, 0.25) is 0 Å². The van der Waals surface area contributed by atoms with E-state index in [4.69, 9.17) is 0 Å². The molecule has 1 aliphatic rings. The summed E-state index contributed by atoms with van der Waals surface area (Å²) in [6, 6.07) is 18.9. The molecule has 0 bridgehead atoms. The van der Waals surface area contributed by atoms with Gasteiger partial charge in [-0.25, -0.2) is 9.50 Å². The van der Waals surface area contributed by atoms with Crippen LogP contribution < -0.4 is 5.32 Å². The molecule has 1 aliphatic heterocycles. The Bertz CT molecular complexity index is 1070. The van der Waals surface area contributed by atoms with E-state index in [0.29, 0.717) is 0 Å². The minimum atomic E-state index is 0.0425. The predicted octanol–water partition coefficient (Wildman–Crippen LogP) is 4.67. The highest BCUT2D eigenvalue weighted by Gasteiger charge is 2.26. The van der Waals surface area contributed by atoms with Crippen LogP contribution in [0, 0.1) is 0 Å².